The molecule has 1 amide bonds. The van der Waals surface area contributed by atoms with Gasteiger partial charge in [0.2, 0.25) is 11.0 Å². The van der Waals surface area contributed by atoms with Crippen LogP contribution in [0.4, 0.5) is 5.13 Å². The van der Waals surface area contributed by atoms with Gasteiger partial charge in [-0.1, -0.05) is 47.7 Å². The molecule has 22 heavy (non-hydrogen) atoms. The molecule has 3 rings (SSSR count). The second-order valence-electron chi connectivity index (χ2n) is 4.78. The average molecular weight is 329 g/mol. The van der Waals surface area contributed by atoms with Gasteiger partial charge in [0.15, 0.2) is 5.01 Å². The lowest BCUT2D eigenvalue weighted by atomic mass is 10.1. The van der Waals surface area contributed by atoms with Crippen LogP contribution in [0.15, 0.2) is 47.8 Å². The average Bonchev–Trinajstić information content (AvgIpc) is 3.19. The summed E-state index contributed by atoms with van der Waals surface area (Å²) >= 11 is 3.02. The van der Waals surface area contributed by atoms with Crippen molar-refractivity contribution in [2.45, 2.75) is 19.3 Å². The Hall–Kier alpha value is -2.05. The topological polar surface area (TPSA) is 54.9 Å². The largest absolute Gasteiger partial charge is 0.301 e. The van der Waals surface area contributed by atoms with Gasteiger partial charge in [0.25, 0.3) is 0 Å². The van der Waals surface area contributed by atoms with Crippen LogP contribution in [-0.2, 0) is 11.2 Å². The Morgan fingerprint density at radius 2 is 1.95 bits per heavy atom. The number of carbonyl (C=O) groups excluding carboxylic acids is 1. The summed E-state index contributed by atoms with van der Waals surface area (Å²) in [6, 6.07) is 14.2. The van der Waals surface area contributed by atoms with Crippen molar-refractivity contribution in [2.75, 3.05) is 5.32 Å². The number of amides is 1. The van der Waals surface area contributed by atoms with E-state index >= 15 is 0 Å². The van der Waals surface area contributed by atoms with Gasteiger partial charge in [0, 0.05) is 6.42 Å². The molecule has 0 atom stereocenters. The molecule has 6 heteroatoms. The predicted molar refractivity (Wildman–Crippen MR) is 91.2 cm³/mol. The Balaban J connectivity index is 1.48. The van der Waals surface area contributed by atoms with Crippen LogP contribution >= 0.6 is 22.7 Å². The Morgan fingerprint density at radius 3 is 2.73 bits per heavy atom. The third-order valence-electron chi connectivity index (χ3n) is 3.12. The zero-order chi connectivity index (χ0) is 15.2. The summed E-state index contributed by atoms with van der Waals surface area (Å²) in [7, 11) is 0. The summed E-state index contributed by atoms with van der Waals surface area (Å²) in [6.45, 7) is 0. The molecule has 3 aromatic rings. The van der Waals surface area contributed by atoms with Gasteiger partial charge in [-0.25, -0.2) is 0 Å². The molecule has 0 aliphatic heterocycles. The van der Waals surface area contributed by atoms with Crippen molar-refractivity contribution in [2.24, 2.45) is 0 Å². The number of thiophene rings is 1. The molecule has 0 spiro atoms. The molecular weight excluding hydrogens is 314 g/mol. The molecule has 112 valence electrons. The highest BCUT2D eigenvalue weighted by molar-refractivity contribution is 7.23. The Kier molecular flexibility index (Phi) is 4.92. The fourth-order valence-corrected chi connectivity index (χ4v) is 3.60. The SMILES string of the molecule is O=C(CCCc1ccccc1)Nc1nnc(-c2cccs2)s1. The summed E-state index contributed by atoms with van der Waals surface area (Å²) in [4.78, 5) is 13.0. The zero-order valence-corrected chi connectivity index (χ0v) is 13.5. The van der Waals surface area contributed by atoms with E-state index in [9.17, 15) is 4.79 Å². The maximum Gasteiger partial charge on any atom is 0.226 e. The molecule has 0 saturated heterocycles. The molecule has 1 N–H and O–H groups in total. The molecule has 0 saturated carbocycles. The van der Waals surface area contributed by atoms with Crippen LogP contribution in [0.1, 0.15) is 18.4 Å². The molecule has 1 aromatic carbocycles. The molecule has 0 bridgehead atoms. The quantitative estimate of drug-likeness (QED) is 0.736. The van der Waals surface area contributed by atoms with Crippen LogP contribution in [0.25, 0.3) is 9.88 Å². The van der Waals surface area contributed by atoms with E-state index in [4.69, 9.17) is 0 Å². The van der Waals surface area contributed by atoms with Gasteiger partial charge >= 0.3 is 0 Å². The number of hydrogen-bond donors (Lipinski definition) is 1. The molecule has 0 aliphatic carbocycles. The summed E-state index contributed by atoms with van der Waals surface area (Å²) in [5, 5.41) is 14.4. The molecule has 0 radical (unpaired) electrons. The standard InChI is InChI=1S/C16H15N3OS2/c20-14(10-4-8-12-6-2-1-3-7-12)17-16-19-18-15(22-16)13-9-5-11-21-13/h1-3,5-7,9,11H,4,8,10H2,(H,17,19,20). The fourth-order valence-electron chi connectivity index (χ4n) is 2.05. The minimum atomic E-state index is -0.00943. The maximum absolute atomic E-state index is 11.9. The van der Waals surface area contributed by atoms with Crippen LogP contribution in [0, 0.1) is 0 Å². The van der Waals surface area contributed by atoms with Crippen molar-refractivity contribution in [3.63, 3.8) is 0 Å². The van der Waals surface area contributed by atoms with E-state index in [0.29, 0.717) is 11.6 Å². The molecule has 0 unspecified atom stereocenters. The van der Waals surface area contributed by atoms with Crippen molar-refractivity contribution < 1.29 is 4.79 Å². The number of aryl methyl sites for hydroxylation is 1. The first-order valence-corrected chi connectivity index (χ1v) is 8.72. The van der Waals surface area contributed by atoms with Crippen LogP contribution in [0.3, 0.4) is 0 Å². The van der Waals surface area contributed by atoms with Crippen molar-refractivity contribution in [3.8, 4) is 9.88 Å². The predicted octanol–water partition coefficient (Wildman–Crippen LogP) is 4.23. The second kappa shape index (κ2) is 7.29. The van der Waals surface area contributed by atoms with Crippen molar-refractivity contribution in [1.29, 1.82) is 0 Å². The lowest BCUT2D eigenvalue weighted by Crippen LogP contribution is -2.11. The number of nitrogens with one attached hydrogen (secondary N) is 1. The van der Waals surface area contributed by atoms with Gasteiger partial charge < -0.3 is 5.32 Å². The van der Waals surface area contributed by atoms with Gasteiger partial charge in [-0.05, 0) is 29.9 Å². The van der Waals surface area contributed by atoms with Crippen LogP contribution in [0.2, 0.25) is 0 Å². The van der Waals surface area contributed by atoms with Crippen LogP contribution in [0.5, 0.6) is 0 Å². The van der Waals surface area contributed by atoms with E-state index in [0.717, 1.165) is 22.7 Å². The summed E-state index contributed by atoms with van der Waals surface area (Å²) in [5.74, 6) is -0.00943. The van der Waals surface area contributed by atoms with Gasteiger partial charge in [0.05, 0.1) is 4.88 Å². The molecule has 0 aliphatic rings. The molecule has 4 nitrogen and oxygen atoms in total. The van der Waals surface area contributed by atoms with E-state index in [1.54, 1.807) is 11.3 Å². The summed E-state index contributed by atoms with van der Waals surface area (Å²) in [5.41, 5.74) is 1.26. The number of anilines is 1. The van der Waals surface area contributed by atoms with E-state index in [1.807, 2.05) is 35.7 Å². The number of carbonyl (C=O) groups is 1. The van der Waals surface area contributed by atoms with Gasteiger partial charge in [-0.3, -0.25) is 4.79 Å². The van der Waals surface area contributed by atoms with Gasteiger partial charge in [-0.2, -0.15) is 0 Å². The van der Waals surface area contributed by atoms with Crippen LogP contribution < -0.4 is 5.32 Å². The van der Waals surface area contributed by atoms with E-state index in [2.05, 4.69) is 27.6 Å². The third kappa shape index (κ3) is 3.99. The Bertz CT molecular complexity index is 723. The number of aromatic nitrogens is 2. The zero-order valence-electron chi connectivity index (χ0n) is 11.9. The first-order valence-electron chi connectivity index (χ1n) is 7.02. The highest BCUT2D eigenvalue weighted by atomic mass is 32.1. The molecular formula is C16H15N3OS2. The Labute approximate surface area is 136 Å². The Morgan fingerprint density at radius 1 is 1.09 bits per heavy atom. The molecule has 0 fully saturated rings. The normalized spacial score (nSPS) is 10.5. The lowest BCUT2D eigenvalue weighted by molar-refractivity contribution is -0.116. The first-order chi connectivity index (χ1) is 10.8. The molecule has 2 heterocycles. The second-order valence-corrected chi connectivity index (χ2v) is 6.70. The number of benzene rings is 1. The highest BCUT2D eigenvalue weighted by Crippen LogP contribution is 2.29. The van der Waals surface area contributed by atoms with Crippen molar-refractivity contribution >= 4 is 33.7 Å². The van der Waals surface area contributed by atoms with Crippen molar-refractivity contribution in [1.82, 2.24) is 10.2 Å². The van der Waals surface area contributed by atoms with Crippen molar-refractivity contribution in [3.05, 3.63) is 53.4 Å². The monoisotopic (exact) mass is 329 g/mol. The molecule has 2 aromatic heterocycles. The lowest BCUT2D eigenvalue weighted by Gasteiger charge is -2.01. The number of nitrogens with zero attached hydrogens (tertiary/aromatic N) is 2. The van der Waals surface area contributed by atoms with Gasteiger partial charge in [-0.15, -0.1) is 21.5 Å². The highest BCUT2D eigenvalue weighted by Gasteiger charge is 2.10. The van der Waals surface area contributed by atoms with E-state index in [-0.39, 0.29) is 5.91 Å². The van der Waals surface area contributed by atoms with E-state index < -0.39 is 0 Å². The summed E-state index contributed by atoms with van der Waals surface area (Å²) < 4.78 is 0. The minimum absolute atomic E-state index is 0.00943. The number of rotatable bonds is 6. The fraction of sp³-hybridized carbons (Fsp3) is 0.188. The van der Waals surface area contributed by atoms with E-state index in [1.165, 1.54) is 16.9 Å². The first kappa shape index (κ1) is 14.9. The maximum atomic E-state index is 11.9. The van der Waals surface area contributed by atoms with Gasteiger partial charge in [0.1, 0.15) is 0 Å². The minimum Gasteiger partial charge on any atom is -0.301 e. The van der Waals surface area contributed by atoms with Crippen LogP contribution in [-0.4, -0.2) is 16.1 Å². The summed E-state index contributed by atoms with van der Waals surface area (Å²) in [6.07, 6.45) is 2.22. The third-order valence-corrected chi connectivity index (χ3v) is 4.99. The number of hydrogen-bond acceptors (Lipinski definition) is 5. The smallest absolute Gasteiger partial charge is 0.226 e.